The third-order valence-corrected chi connectivity index (χ3v) is 2.47. The molecule has 0 bridgehead atoms. The number of hydrogen-bond acceptors (Lipinski definition) is 3. The van der Waals surface area contributed by atoms with Gasteiger partial charge in [0.15, 0.2) is 6.10 Å². The zero-order valence-corrected chi connectivity index (χ0v) is 11.1. The number of benzene rings is 1. The zero-order chi connectivity index (χ0) is 13.5. The number of carboxylic acid groups (broad SMARTS) is 1. The molecule has 1 aromatic carbocycles. The molecule has 0 amide bonds. The molecule has 1 N–H and O–H groups in total. The van der Waals surface area contributed by atoms with Crippen molar-refractivity contribution in [1.82, 2.24) is 0 Å². The van der Waals surface area contributed by atoms with Crippen LogP contribution in [0.3, 0.4) is 0 Å². The fraction of sp³-hybridized carbons (Fsp3) is 0.500. The van der Waals surface area contributed by atoms with Crippen LogP contribution >= 0.6 is 0 Å². The van der Waals surface area contributed by atoms with Gasteiger partial charge in [-0.15, -0.1) is 0 Å². The summed E-state index contributed by atoms with van der Waals surface area (Å²) in [5.74, 6) is -0.0935. The molecule has 4 nitrogen and oxygen atoms in total. The Morgan fingerprint density at radius 1 is 1.22 bits per heavy atom. The van der Waals surface area contributed by atoms with Crippen molar-refractivity contribution in [3.8, 4) is 5.75 Å². The fourth-order valence-corrected chi connectivity index (χ4v) is 1.60. The number of carboxylic acids is 1. The van der Waals surface area contributed by atoms with Gasteiger partial charge in [0.1, 0.15) is 5.75 Å². The van der Waals surface area contributed by atoms with E-state index in [-0.39, 0.29) is 0 Å². The average Bonchev–Trinajstić information content (AvgIpc) is 2.26. The maximum absolute atomic E-state index is 10.5. The molecule has 4 heteroatoms. The van der Waals surface area contributed by atoms with E-state index in [2.05, 4.69) is 6.07 Å². The monoisotopic (exact) mass is 252 g/mol. The van der Waals surface area contributed by atoms with Gasteiger partial charge in [-0.1, -0.05) is 6.07 Å². The first-order valence-corrected chi connectivity index (χ1v) is 6.04. The first kappa shape index (κ1) is 14.5. The predicted octanol–water partition coefficient (Wildman–Crippen LogP) is 2.56. The van der Waals surface area contributed by atoms with Crippen molar-refractivity contribution in [3.63, 3.8) is 0 Å². The van der Waals surface area contributed by atoms with Gasteiger partial charge in [0.2, 0.25) is 0 Å². The second-order valence-corrected chi connectivity index (χ2v) is 4.38. The van der Waals surface area contributed by atoms with Crippen molar-refractivity contribution in [2.75, 3.05) is 13.2 Å². The summed E-state index contributed by atoms with van der Waals surface area (Å²) in [6, 6.07) is 6.05. The van der Waals surface area contributed by atoms with Crippen molar-refractivity contribution in [1.29, 1.82) is 0 Å². The number of carbonyl (C=O) groups is 1. The largest absolute Gasteiger partial charge is 0.493 e. The molecule has 1 atom stereocenters. The lowest BCUT2D eigenvalue weighted by atomic mass is 10.1. The van der Waals surface area contributed by atoms with Crippen LogP contribution in [0.4, 0.5) is 0 Å². The van der Waals surface area contributed by atoms with Gasteiger partial charge in [-0.25, -0.2) is 4.79 Å². The van der Waals surface area contributed by atoms with Gasteiger partial charge >= 0.3 is 5.97 Å². The fourth-order valence-electron chi connectivity index (χ4n) is 1.60. The van der Waals surface area contributed by atoms with Crippen LogP contribution in [0.25, 0.3) is 0 Å². The lowest BCUT2D eigenvalue weighted by Crippen LogP contribution is -2.20. The Morgan fingerprint density at radius 2 is 1.83 bits per heavy atom. The highest BCUT2D eigenvalue weighted by Crippen LogP contribution is 2.16. The minimum absolute atomic E-state index is 0.387. The van der Waals surface area contributed by atoms with E-state index in [1.165, 1.54) is 18.1 Å². The lowest BCUT2D eigenvalue weighted by molar-refractivity contribution is -0.149. The quantitative estimate of drug-likeness (QED) is 0.758. The van der Waals surface area contributed by atoms with Gasteiger partial charge in [-0.2, -0.15) is 0 Å². The Kier molecular flexibility index (Phi) is 5.65. The van der Waals surface area contributed by atoms with E-state index in [4.69, 9.17) is 14.6 Å². The van der Waals surface area contributed by atoms with Crippen LogP contribution in [0.5, 0.6) is 5.75 Å². The molecule has 1 rings (SSSR count). The highest BCUT2D eigenvalue weighted by atomic mass is 16.5. The summed E-state index contributed by atoms with van der Waals surface area (Å²) in [5.41, 5.74) is 2.33. The smallest absolute Gasteiger partial charge is 0.332 e. The maximum Gasteiger partial charge on any atom is 0.332 e. The Bertz CT molecular complexity index is 381. The molecule has 0 heterocycles. The summed E-state index contributed by atoms with van der Waals surface area (Å²) in [7, 11) is 0. The maximum atomic E-state index is 10.5. The Labute approximate surface area is 108 Å². The standard InChI is InChI=1S/C14H20O4/c1-10-7-11(2)9-13(8-10)18-6-4-5-17-12(3)14(15)16/h7-9,12H,4-6H2,1-3H3,(H,15,16)/t12-/m0/s1. The minimum Gasteiger partial charge on any atom is -0.493 e. The minimum atomic E-state index is -0.940. The van der Waals surface area contributed by atoms with Gasteiger partial charge in [-0.3, -0.25) is 0 Å². The van der Waals surface area contributed by atoms with Gasteiger partial charge in [0, 0.05) is 6.42 Å². The Hall–Kier alpha value is -1.55. The highest BCUT2D eigenvalue weighted by molar-refractivity contribution is 5.71. The third-order valence-electron chi connectivity index (χ3n) is 2.47. The number of aryl methyl sites for hydroxylation is 2. The predicted molar refractivity (Wildman–Crippen MR) is 69.1 cm³/mol. The van der Waals surface area contributed by atoms with Crippen LogP contribution in [-0.4, -0.2) is 30.4 Å². The lowest BCUT2D eigenvalue weighted by Gasteiger charge is -2.10. The molecular weight excluding hydrogens is 232 g/mol. The van der Waals surface area contributed by atoms with E-state index in [9.17, 15) is 4.79 Å². The third kappa shape index (κ3) is 5.19. The molecule has 0 aliphatic heterocycles. The molecule has 0 aliphatic rings. The number of hydrogen-bond donors (Lipinski definition) is 1. The first-order valence-electron chi connectivity index (χ1n) is 6.04. The Balaban J connectivity index is 2.23. The van der Waals surface area contributed by atoms with Crippen LogP contribution in [0, 0.1) is 13.8 Å². The van der Waals surface area contributed by atoms with Gasteiger partial charge in [0.05, 0.1) is 13.2 Å². The van der Waals surface area contributed by atoms with Gasteiger partial charge < -0.3 is 14.6 Å². The molecule has 100 valence electrons. The molecule has 0 fully saturated rings. The van der Waals surface area contributed by atoms with E-state index >= 15 is 0 Å². The van der Waals surface area contributed by atoms with Crippen molar-refractivity contribution >= 4 is 5.97 Å². The summed E-state index contributed by atoms with van der Waals surface area (Å²) in [6.07, 6.45) is -0.0869. The van der Waals surface area contributed by atoms with E-state index in [0.29, 0.717) is 19.6 Å². The van der Waals surface area contributed by atoms with Crippen molar-refractivity contribution in [2.24, 2.45) is 0 Å². The molecule has 0 aliphatic carbocycles. The topological polar surface area (TPSA) is 55.8 Å². The molecule has 0 spiro atoms. The highest BCUT2D eigenvalue weighted by Gasteiger charge is 2.09. The summed E-state index contributed by atoms with van der Waals surface area (Å²) in [4.78, 5) is 10.5. The molecule has 0 saturated heterocycles. The van der Waals surface area contributed by atoms with E-state index in [1.54, 1.807) is 0 Å². The van der Waals surface area contributed by atoms with Crippen LogP contribution in [-0.2, 0) is 9.53 Å². The van der Waals surface area contributed by atoms with Crippen LogP contribution in [0.15, 0.2) is 18.2 Å². The van der Waals surface area contributed by atoms with Gasteiger partial charge in [-0.05, 0) is 44.0 Å². The van der Waals surface area contributed by atoms with Gasteiger partial charge in [0.25, 0.3) is 0 Å². The molecule has 0 aromatic heterocycles. The molecule has 0 unspecified atom stereocenters. The number of rotatable bonds is 7. The molecule has 1 aromatic rings. The first-order chi connectivity index (χ1) is 8.49. The average molecular weight is 252 g/mol. The van der Waals surface area contributed by atoms with E-state index < -0.39 is 12.1 Å². The summed E-state index contributed by atoms with van der Waals surface area (Å²) in [5, 5.41) is 8.62. The number of ether oxygens (including phenoxy) is 2. The second kappa shape index (κ2) is 7.01. The number of aliphatic carboxylic acids is 1. The SMILES string of the molecule is Cc1cc(C)cc(OCCCO[C@@H](C)C(=O)O)c1. The van der Waals surface area contributed by atoms with Crippen molar-refractivity contribution in [3.05, 3.63) is 29.3 Å². The Morgan fingerprint density at radius 3 is 2.39 bits per heavy atom. The van der Waals surface area contributed by atoms with Crippen LogP contribution in [0.1, 0.15) is 24.5 Å². The molecule has 0 saturated carbocycles. The normalized spacial score (nSPS) is 12.2. The summed E-state index contributed by atoms with van der Waals surface area (Å²) in [6.45, 7) is 6.48. The van der Waals surface area contributed by atoms with E-state index in [1.807, 2.05) is 26.0 Å². The van der Waals surface area contributed by atoms with Crippen LogP contribution < -0.4 is 4.74 Å². The van der Waals surface area contributed by atoms with Crippen molar-refractivity contribution < 1.29 is 19.4 Å². The van der Waals surface area contributed by atoms with E-state index in [0.717, 1.165) is 5.75 Å². The summed E-state index contributed by atoms with van der Waals surface area (Å²) < 4.78 is 10.7. The molecule has 18 heavy (non-hydrogen) atoms. The molecule has 0 radical (unpaired) electrons. The molecular formula is C14H20O4. The van der Waals surface area contributed by atoms with Crippen LogP contribution in [0.2, 0.25) is 0 Å². The second-order valence-electron chi connectivity index (χ2n) is 4.38. The summed E-state index contributed by atoms with van der Waals surface area (Å²) >= 11 is 0. The zero-order valence-electron chi connectivity index (χ0n) is 11.1. The van der Waals surface area contributed by atoms with Crippen molar-refractivity contribution in [2.45, 2.75) is 33.3 Å².